The lowest BCUT2D eigenvalue weighted by Crippen LogP contribution is -2.48. The van der Waals surface area contributed by atoms with E-state index in [1.807, 2.05) is 30.9 Å². The number of nitrogens with zero attached hydrogens (tertiary/aromatic N) is 4. The molecule has 2 aliphatic rings. The second-order valence-electron chi connectivity index (χ2n) is 12.2. The van der Waals surface area contributed by atoms with Gasteiger partial charge < -0.3 is 24.6 Å². The first-order chi connectivity index (χ1) is 20.2. The van der Waals surface area contributed by atoms with Crippen LogP contribution in [0.3, 0.4) is 0 Å². The Morgan fingerprint density at radius 3 is 2.16 bits per heavy atom. The zero-order valence-electron chi connectivity index (χ0n) is 25.6. The summed E-state index contributed by atoms with van der Waals surface area (Å²) in [6.45, 7) is 15.5. The molecule has 10 nitrogen and oxygen atoms in total. The summed E-state index contributed by atoms with van der Waals surface area (Å²) in [5, 5.41) is 14.9. The van der Waals surface area contributed by atoms with Crippen LogP contribution in [0.1, 0.15) is 54.4 Å². The van der Waals surface area contributed by atoms with E-state index < -0.39 is 4.92 Å². The van der Waals surface area contributed by atoms with Crippen LogP contribution in [0.15, 0.2) is 42.5 Å². The van der Waals surface area contributed by atoms with Crippen LogP contribution in [0.2, 0.25) is 0 Å². The third kappa shape index (κ3) is 10.3. The SMILES string of the molecule is C.CC(C)COc1ccc(N2CCN(CCC(=O)N3CCC(Nc4ccc([N+](=O)[O-])c(OCC(C)C)c4)CC3)CC2)cc1. The van der Waals surface area contributed by atoms with Crippen molar-refractivity contribution in [1.82, 2.24) is 9.80 Å². The van der Waals surface area contributed by atoms with E-state index in [1.54, 1.807) is 12.1 Å². The fraction of sp³-hybridized carbons (Fsp3) is 0.606. The third-order valence-corrected chi connectivity index (χ3v) is 7.75. The van der Waals surface area contributed by atoms with Gasteiger partial charge in [-0.15, -0.1) is 0 Å². The van der Waals surface area contributed by atoms with E-state index in [9.17, 15) is 14.9 Å². The van der Waals surface area contributed by atoms with Crippen LogP contribution in [0.4, 0.5) is 17.1 Å². The lowest BCUT2D eigenvalue weighted by molar-refractivity contribution is -0.385. The first kappa shape index (κ1) is 34.0. The van der Waals surface area contributed by atoms with E-state index >= 15 is 0 Å². The Balaban J connectivity index is 0.00000506. The highest BCUT2D eigenvalue weighted by atomic mass is 16.6. The number of nitro groups is 1. The van der Waals surface area contributed by atoms with Crippen LogP contribution in [0, 0.1) is 22.0 Å². The minimum Gasteiger partial charge on any atom is -0.493 e. The molecule has 0 unspecified atom stereocenters. The van der Waals surface area contributed by atoms with E-state index in [-0.39, 0.29) is 36.7 Å². The van der Waals surface area contributed by atoms with Gasteiger partial charge in [0.15, 0.2) is 5.75 Å². The Labute approximate surface area is 257 Å². The number of nitrogens with one attached hydrogen (secondary N) is 1. The highest BCUT2D eigenvalue weighted by Gasteiger charge is 2.25. The van der Waals surface area contributed by atoms with Gasteiger partial charge in [0.25, 0.3) is 0 Å². The van der Waals surface area contributed by atoms with E-state index in [0.717, 1.165) is 63.6 Å². The average molecular weight is 598 g/mol. The van der Waals surface area contributed by atoms with Gasteiger partial charge in [-0.05, 0) is 55.0 Å². The standard InChI is InChI=1S/C32H47N5O5.CH4/c1-24(2)22-41-29-8-6-28(7-9-29)35-19-17-34(18-20-35)14-13-32(38)36-15-11-26(12-16-36)33-27-5-10-30(37(39)40)31(21-27)42-23-25(3)4;/h5-10,21,24-26,33H,11-20,22-23H2,1-4H3;1H4. The van der Waals surface area contributed by atoms with E-state index in [4.69, 9.17) is 9.47 Å². The molecule has 0 bridgehead atoms. The second kappa shape index (κ2) is 16.4. The van der Waals surface area contributed by atoms with E-state index in [2.05, 4.69) is 41.1 Å². The number of hydrogen-bond acceptors (Lipinski definition) is 8. The Morgan fingerprint density at radius 1 is 0.930 bits per heavy atom. The quantitative estimate of drug-likeness (QED) is 0.225. The molecule has 2 aliphatic heterocycles. The molecule has 0 spiro atoms. The third-order valence-electron chi connectivity index (χ3n) is 7.75. The highest BCUT2D eigenvalue weighted by Crippen LogP contribution is 2.31. The maximum Gasteiger partial charge on any atom is 0.311 e. The Kier molecular flexibility index (Phi) is 12.9. The zero-order valence-corrected chi connectivity index (χ0v) is 25.6. The van der Waals surface area contributed by atoms with Crippen molar-refractivity contribution < 1.29 is 19.2 Å². The average Bonchev–Trinajstić information content (AvgIpc) is 2.98. The molecule has 2 aromatic rings. The van der Waals surface area contributed by atoms with E-state index in [1.165, 1.54) is 11.8 Å². The summed E-state index contributed by atoms with van der Waals surface area (Å²) in [7, 11) is 0. The van der Waals surface area contributed by atoms with Crippen molar-refractivity contribution in [2.24, 2.45) is 11.8 Å². The molecule has 1 amide bonds. The number of rotatable bonds is 13. The van der Waals surface area contributed by atoms with Crippen molar-refractivity contribution >= 4 is 23.0 Å². The largest absolute Gasteiger partial charge is 0.493 e. The number of nitro benzene ring substituents is 1. The Morgan fingerprint density at radius 2 is 1.56 bits per heavy atom. The lowest BCUT2D eigenvalue weighted by atomic mass is 10.0. The molecule has 0 saturated carbocycles. The molecule has 10 heteroatoms. The summed E-state index contributed by atoms with van der Waals surface area (Å²) in [6.07, 6.45) is 2.22. The number of amides is 1. The molecule has 238 valence electrons. The number of benzene rings is 2. The summed E-state index contributed by atoms with van der Waals surface area (Å²) in [6, 6.07) is 13.5. The van der Waals surface area contributed by atoms with Gasteiger partial charge >= 0.3 is 5.69 Å². The summed E-state index contributed by atoms with van der Waals surface area (Å²) < 4.78 is 11.5. The molecule has 1 N–H and O–H groups in total. The number of ether oxygens (including phenoxy) is 2. The number of piperidine rings is 1. The zero-order chi connectivity index (χ0) is 30.1. The summed E-state index contributed by atoms with van der Waals surface area (Å²) in [5.74, 6) is 2.19. The van der Waals surface area contributed by atoms with Crippen LogP contribution in [-0.2, 0) is 4.79 Å². The number of anilines is 2. The minimum atomic E-state index is -0.410. The number of likely N-dealkylation sites (tertiary alicyclic amines) is 1. The molecule has 0 aliphatic carbocycles. The smallest absolute Gasteiger partial charge is 0.311 e. The molecule has 0 radical (unpaired) electrons. The van der Waals surface area contributed by atoms with Crippen molar-refractivity contribution in [1.29, 1.82) is 0 Å². The highest BCUT2D eigenvalue weighted by molar-refractivity contribution is 5.76. The molecule has 2 heterocycles. The monoisotopic (exact) mass is 597 g/mol. The number of carbonyl (C=O) groups excluding carboxylic acids is 1. The fourth-order valence-electron chi connectivity index (χ4n) is 5.29. The Bertz CT molecular complexity index is 1160. The summed E-state index contributed by atoms with van der Waals surface area (Å²) in [5.41, 5.74) is 2.00. The number of hydrogen-bond donors (Lipinski definition) is 1. The molecule has 4 rings (SSSR count). The first-order valence-electron chi connectivity index (χ1n) is 15.3. The van der Waals surface area contributed by atoms with Crippen molar-refractivity contribution in [3.05, 3.63) is 52.6 Å². The molecular formula is C33H51N5O5. The van der Waals surface area contributed by atoms with Gasteiger partial charge in [-0.25, -0.2) is 0 Å². The first-order valence-corrected chi connectivity index (χ1v) is 15.3. The number of piperazine rings is 1. The predicted molar refractivity (Wildman–Crippen MR) is 173 cm³/mol. The second-order valence-corrected chi connectivity index (χ2v) is 12.2. The molecule has 2 aromatic carbocycles. The molecule has 2 fully saturated rings. The predicted octanol–water partition coefficient (Wildman–Crippen LogP) is 5.92. The van der Waals surface area contributed by atoms with Crippen LogP contribution < -0.4 is 19.7 Å². The maximum absolute atomic E-state index is 13.0. The maximum atomic E-state index is 13.0. The van der Waals surface area contributed by atoms with E-state index in [0.29, 0.717) is 32.0 Å². The van der Waals surface area contributed by atoms with Crippen molar-refractivity contribution in [2.75, 3.05) is 69.2 Å². The van der Waals surface area contributed by atoms with Gasteiger partial charge in [-0.3, -0.25) is 19.8 Å². The van der Waals surface area contributed by atoms with Crippen molar-refractivity contribution in [3.8, 4) is 11.5 Å². The van der Waals surface area contributed by atoms with Crippen LogP contribution >= 0.6 is 0 Å². The van der Waals surface area contributed by atoms with Crippen LogP contribution in [0.25, 0.3) is 0 Å². The minimum absolute atomic E-state index is 0. The lowest BCUT2D eigenvalue weighted by Gasteiger charge is -2.37. The molecule has 0 atom stereocenters. The van der Waals surface area contributed by atoms with Gasteiger partial charge in [-0.1, -0.05) is 35.1 Å². The molecular weight excluding hydrogens is 546 g/mol. The molecule has 2 saturated heterocycles. The molecule has 0 aromatic heterocycles. The van der Waals surface area contributed by atoms with Gasteiger partial charge in [-0.2, -0.15) is 0 Å². The van der Waals surface area contributed by atoms with Crippen LogP contribution in [-0.4, -0.2) is 85.7 Å². The Hall–Kier alpha value is -3.53. The number of carbonyl (C=O) groups is 1. The van der Waals surface area contributed by atoms with Gasteiger partial charge in [0.2, 0.25) is 5.91 Å². The van der Waals surface area contributed by atoms with Gasteiger partial charge in [0, 0.05) is 81.8 Å². The normalized spacial score (nSPS) is 16.2. The fourth-order valence-corrected chi connectivity index (χ4v) is 5.29. The van der Waals surface area contributed by atoms with Crippen molar-refractivity contribution in [2.45, 2.75) is 60.4 Å². The van der Waals surface area contributed by atoms with Crippen molar-refractivity contribution in [3.63, 3.8) is 0 Å². The summed E-state index contributed by atoms with van der Waals surface area (Å²) in [4.78, 5) is 30.7. The van der Waals surface area contributed by atoms with Gasteiger partial charge in [0.05, 0.1) is 18.1 Å². The van der Waals surface area contributed by atoms with Crippen LogP contribution in [0.5, 0.6) is 11.5 Å². The topological polar surface area (TPSA) is 100 Å². The molecule has 43 heavy (non-hydrogen) atoms. The summed E-state index contributed by atoms with van der Waals surface area (Å²) >= 11 is 0. The van der Waals surface area contributed by atoms with Gasteiger partial charge in [0.1, 0.15) is 5.75 Å².